The molecule has 0 saturated carbocycles. The first kappa shape index (κ1) is 15.3. The summed E-state index contributed by atoms with van der Waals surface area (Å²) >= 11 is 5.73. The van der Waals surface area contributed by atoms with Gasteiger partial charge in [-0.05, 0) is 37.1 Å². The molecule has 2 amide bonds. The molecule has 21 heavy (non-hydrogen) atoms. The number of carbonyl (C=O) groups is 3. The molecule has 2 N–H and O–H groups in total. The Labute approximate surface area is 126 Å². The lowest BCUT2D eigenvalue weighted by molar-refractivity contribution is -0.147. The molecule has 0 spiro atoms. The predicted molar refractivity (Wildman–Crippen MR) is 76.2 cm³/mol. The topological polar surface area (TPSA) is 86.7 Å². The van der Waals surface area contributed by atoms with Gasteiger partial charge in [0.25, 0.3) is 5.91 Å². The van der Waals surface area contributed by atoms with Crippen molar-refractivity contribution in [3.05, 3.63) is 34.9 Å². The quantitative estimate of drug-likeness (QED) is 0.873. The van der Waals surface area contributed by atoms with Crippen LogP contribution in [0, 0.1) is 0 Å². The summed E-state index contributed by atoms with van der Waals surface area (Å²) in [6.45, 7) is 0.192. The number of aliphatic carboxylic acids is 1. The highest BCUT2D eigenvalue weighted by Gasteiger charge is 2.33. The number of amides is 2. The van der Waals surface area contributed by atoms with Gasteiger partial charge in [0.2, 0.25) is 5.91 Å². The normalized spacial score (nSPS) is 17.6. The highest BCUT2D eigenvalue weighted by Crippen LogP contribution is 2.17. The van der Waals surface area contributed by atoms with Crippen LogP contribution in [0.4, 0.5) is 0 Å². The maximum Gasteiger partial charge on any atom is 0.326 e. The van der Waals surface area contributed by atoms with E-state index in [1.807, 2.05) is 0 Å². The van der Waals surface area contributed by atoms with Gasteiger partial charge in [0.05, 0.1) is 6.54 Å². The summed E-state index contributed by atoms with van der Waals surface area (Å²) in [5.74, 6) is -1.79. The molecule has 112 valence electrons. The largest absolute Gasteiger partial charge is 0.480 e. The average molecular weight is 311 g/mol. The molecule has 6 nitrogen and oxygen atoms in total. The number of carbonyl (C=O) groups excluding carboxylic acids is 2. The molecule has 0 bridgehead atoms. The van der Waals surface area contributed by atoms with Crippen LogP contribution in [0.25, 0.3) is 0 Å². The summed E-state index contributed by atoms with van der Waals surface area (Å²) in [7, 11) is 0. The van der Waals surface area contributed by atoms with Crippen LogP contribution in [0.5, 0.6) is 0 Å². The van der Waals surface area contributed by atoms with Crippen LogP contribution >= 0.6 is 11.6 Å². The second-order valence-electron chi connectivity index (χ2n) is 4.77. The van der Waals surface area contributed by atoms with E-state index in [1.165, 1.54) is 4.90 Å². The maximum atomic E-state index is 12.0. The Hall–Kier alpha value is -2.08. The molecule has 1 saturated heterocycles. The zero-order chi connectivity index (χ0) is 15.4. The fraction of sp³-hybridized carbons (Fsp3) is 0.357. The van der Waals surface area contributed by atoms with Gasteiger partial charge >= 0.3 is 5.97 Å². The Kier molecular flexibility index (Phi) is 4.80. The van der Waals surface area contributed by atoms with Crippen molar-refractivity contribution in [1.82, 2.24) is 10.2 Å². The number of carboxylic acid groups (broad SMARTS) is 1. The zero-order valence-electron chi connectivity index (χ0n) is 11.2. The second-order valence-corrected chi connectivity index (χ2v) is 5.21. The van der Waals surface area contributed by atoms with Gasteiger partial charge in [-0.15, -0.1) is 0 Å². The van der Waals surface area contributed by atoms with E-state index in [1.54, 1.807) is 24.3 Å². The molecule has 1 aliphatic heterocycles. The van der Waals surface area contributed by atoms with Crippen molar-refractivity contribution in [2.24, 2.45) is 0 Å². The number of carboxylic acids is 1. The fourth-order valence-corrected chi connectivity index (χ4v) is 2.41. The molecule has 1 atom stereocenters. The SMILES string of the molecule is O=C(NCC(=O)N1CCCC1C(=O)O)c1ccc(Cl)cc1. The van der Waals surface area contributed by atoms with Gasteiger partial charge in [0, 0.05) is 17.1 Å². The Balaban J connectivity index is 1.90. The van der Waals surface area contributed by atoms with Gasteiger partial charge in [-0.1, -0.05) is 11.6 Å². The standard InChI is InChI=1S/C14H15ClN2O4/c15-10-5-3-9(4-6-10)13(19)16-8-12(18)17-7-1-2-11(17)14(20)21/h3-6,11H,1-2,7-8H2,(H,16,19)(H,20,21). The van der Waals surface area contributed by atoms with E-state index in [2.05, 4.69) is 5.32 Å². The first-order chi connectivity index (χ1) is 9.99. The zero-order valence-corrected chi connectivity index (χ0v) is 12.0. The number of hydrogen-bond donors (Lipinski definition) is 2. The lowest BCUT2D eigenvalue weighted by Crippen LogP contribution is -2.45. The molecule has 1 aromatic carbocycles. The van der Waals surface area contributed by atoms with Crippen molar-refractivity contribution in [2.75, 3.05) is 13.1 Å². The first-order valence-corrected chi connectivity index (χ1v) is 6.93. The minimum Gasteiger partial charge on any atom is -0.480 e. The van der Waals surface area contributed by atoms with E-state index in [9.17, 15) is 14.4 Å². The average Bonchev–Trinajstić information content (AvgIpc) is 2.95. The molecule has 0 aliphatic carbocycles. The summed E-state index contributed by atoms with van der Waals surface area (Å²) < 4.78 is 0. The smallest absolute Gasteiger partial charge is 0.326 e. The third-order valence-electron chi connectivity index (χ3n) is 3.36. The Morgan fingerprint density at radius 1 is 1.29 bits per heavy atom. The van der Waals surface area contributed by atoms with Gasteiger partial charge < -0.3 is 15.3 Å². The summed E-state index contributed by atoms with van der Waals surface area (Å²) in [4.78, 5) is 36.1. The van der Waals surface area contributed by atoms with E-state index in [4.69, 9.17) is 16.7 Å². The number of halogens is 1. The molecule has 1 fully saturated rings. The predicted octanol–water partition coefficient (Wildman–Crippen LogP) is 1.15. The highest BCUT2D eigenvalue weighted by atomic mass is 35.5. The van der Waals surface area contributed by atoms with Crippen molar-refractivity contribution >= 4 is 29.4 Å². The van der Waals surface area contributed by atoms with Crippen LogP contribution in [-0.2, 0) is 9.59 Å². The number of nitrogens with one attached hydrogen (secondary N) is 1. The van der Waals surface area contributed by atoms with E-state index >= 15 is 0 Å². The van der Waals surface area contributed by atoms with Crippen molar-refractivity contribution in [3.63, 3.8) is 0 Å². The van der Waals surface area contributed by atoms with Crippen LogP contribution in [0.3, 0.4) is 0 Å². The molecule has 1 heterocycles. The van der Waals surface area contributed by atoms with Crippen molar-refractivity contribution in [3.8, 4) is 0 Å². The van der Waals surface area contributed by atoms with Crippen LogP contribution in [0.2, 0.25) is 5.02 Å². The number of hydrogen-bond acceptors (Lipinski definition) is 3. The molecule has 0 aromatic heterocycles. The number of benzene rings is 1. The van der Waals surface area contributed by atoms with Gasteiger partial charge in [-0.2, -0.15) is 0 Å². The molecule has 2 rings (SSSR count). The first-order valence-electron chi connectivity index (χ1n) is 6.55. The summed E-state index contributed by atoms with van der Waals surface area (Å²) in [5.41, 5.74) is 0.392. The summed E-state index contributed by atoms with van der Waals surface area (Å²) in [6.07, 6.45) is 1.11. The van der Waals surface area contributed by atoms with Crippen molar-refractivity contribution in [1.29, 1.82) is 0 Å². The van der Waals surface area contributed by atoms with Gasteiger partial charge in [-0.3, -0.25) is 9.59 Å². The third-order valence-corrected chi connectivity index (χ3v) is 3.62. The molecule has 1 aromatic rings. The summed E-state index contributed by atoms with van der Waals surface area (Å²) in [6, 6.07) is 5.49. The van der Waals surface area contributed by atoms with E-state index in [-0.39, 0.29) is 12.5 Å². The third kappa shape index (κ3) is 3.72. The maximum absolute atomic E-state index is 12.0. The summed E-state index contributed by atoms with van der Waals surface area (Å²) in [5, 5.41) is 12.0. The molecule has 1 aliphatic rings. The Morgan fingerprint density at radius 2 is 1.95 bits per heavy atom. The Morgan fingerprint density at radius 3 is 2.57 bits per heavy atom. The van der Waals surface area contributed by atoms with Gasteiger partial charge in [0.15, 0.2) is 0 Å². The van der Waals surface area contributed by atoms with Crippen LogP contribution < -0.4 is 5.32 Å². The Bertz CT molecular complexity index is 559. The van der Waals surface area contributed by atoms with E-state index < -0.39 is 17.9 Å². The minimum atomic E-state index is -1.01. The van der Waals surface area contributed by atoms with Crippen molar-refractivity contribution in [2.45, 2.75) is 18.9 Å². The van der Waals surface area contributed by atoms with Crippen LogP contribution in [-0.4, -0.2) is 46.9 Å². The second kappa shape index (κ2) is 6.58. The van der Waals surface area contributed by atoms with Gasteiger partial charge in [0.1, 0.15) is 6.04 Å². The van der Waals surface area contributed by atoms with E-state index in [0.717, 1.165) is 0 Å². The molecule has 1 unspecified atom stereocenters. The van der Waals surface area contributed by atoms with Crippen molar-refractivity contribution < 1.29 is 19.5 Å². The monoisotopic (exact) mass is 310 g/mol. The highest BCUT2D eigenvalue weighted by molar-refractivity contribution is 6.30. The molecular formula is C14H15ClN2O4. The van der Waals surface area contributed by atoms with Crippen LogP contribution in [0.1, 0.15) is 23.2 Å². The molecular weight excluding hydrogens is 296 g/mol. The minimum absolute atomic E-state index is 0.217. The lowest BCUT2D eigenvalue weighted by atomic mass is 10.2. The lowest BCUT2D eigenvalue weighted by Gasteiger charge is -2.21. The molecule has 0 radical (unpaired) electrons. The number of likely N-dealkylation sites (tertiary alicyclic amines) is 1. The number of rotatable bonds is 4. The van der Waals surface area contributed by atoms with E-state index in [0.29, 0.717) is 30.0 Å². The fourth-order valence-electron chi connectivity index (χ4n) is 2.28. The molecule has 7 heteroatoms. The van der Waals surface area contributed by atoms with Gasteiger partial charge in [-0.25, -0.2) is 4.79 Å². The number of nitrogens with zero attached hydrogens (tertiary/aromatic N) is 1. The van der Waals surface area contributed by atoms with Crippen LogP contribution in [0.15, 0.2) is 24.3 Å².